The minimum Gasteiger partial charge on any atom is -0.383 e. The Labute approximate surface area is 128 Å². The highest BCUT2D eigenvalue weighted by molar-refractivity contribution is 6.35. The largest absolute Gasteiger partial charge is 0.383 e. The lowest BCUT2D eigenvalue weighted by atomic mass is 10.1. The Hall–Kier alpha value is -1.85. The van der Waals surface area contributed by atoms with Crippen molar-refractivity contribution >= 4 is 34.1 Å². The number of carbonyl (C=O) groups is 1. The summed E-state index contributed by atoms with van der Waals surface area (Å²) in [5.74, 6) is -0.0916. The van der Waals surface area contributed by atoms with Crippen molar-refractivity contribution in [1.82, 2.24) is 10.3 Å². The minimum absolute atomic E-state index is 0.0916. The fraction of sp³-hybridized carbons (Fsp3) is 0.333. The van der Waals surface area contributed by atoms with E-state index >= 15 is 0 Å². The van der Waals surface area contributed by atoms with Crippen LogP contribution in [-0.2, 0) is 9.53 Å². The van der Waals surface area contributed by atoms with Crippen LogP contribution < -0.4 is 10.6 Å². The van der Waals surface area contributed by atoms with E-state index in [-0.39, 0.29) is 11.9 Å². The van der Waals surface area contributed by atoms with E-state index in [1.54, 1.807) is 26.3 Å². The molecular weight excluding hydrogens is 290 g/mol. The smallest absolute Gasteiger partial charge is 0.242 e. The number of hydrogen-bond acceptors (Lipinski definition) is 4. The lowest BCUT2D eigenvalue weighted by molar-refractivity contribution is -0.121. The van der Waals surface area contributed by atoms with Gasteiger partial charge in [-0.2, -0.15) is 0 Å². The summed E-state index contributed by atoms with van der Waals surface area (Å²) in [6.45, 7) is 2.77. The Kier molecular flexibility index (Phi) is 5.36. The van der Waals surface area contributed by atoms with Crippen LogP contribution in [0.15, 0.2) is 30.5 Å². The van der Waals surface area contributed by atoms with Gasteiger partial charge < -0.3 is 15.4 Å². The van der Waals surface area contributed by atoms with Crippen molar-refractivity contribution in [2.45, 2.75) is 13.0 Å². The predicted octanol–water partition coefficient (Wildman–Crippen LogP) is 2.45. The van der Waals surface area contributed by atoms with Gasteiger partial charge in [-0.05, 0) is 31.2 Å². The fourth-order valence-corrected chi connectivity index (χ4v) is 2.20. The SMILES string of the molecule is COCCNC(=O)C(C)Nc1ccc(Cl)c2cccnc12. The molecule has 1 unspecified atom stereocenters. The summed E-state index contributed by atoms with van der Waals surface area (Å²) in [4.78, 5) is 16.3. The zero-order valence-corrected chi connectivity index (χ0v) is 12.8. The first-order chi connectivity index (χ1) is 10.1. The molecule has 0 bridgehead atoms. The molecule has 1 atom stereocenters. The lowest BCUT2D eigenvalue weighted by Gasteiger charge is -2.16. The van der Waals surface area contributed by atoms with Crippen molar-refractivity contribution in [3.05, 3.63) is 35.5 Å². The fourth-order valence-electron chi connectivity index (χ4n) is 1.98. The van der Waals surface area contributed by atoms with Gasteiger partial charge >= 0.3 is 0 Å². The second-order valence-corrected chi connectivity index (χ2v) is 5.05. The van der Waals surface area contributed by atoms with Gasteiger partial charge in [-0.3, -0.25) is 9.78 Å². The third kappa shape index (κ3) is 3.83. The molecule has 2 rings (SSSR count). The van der Waals surface area contributed by atoms with Crippen molar-refractivity contribution in [2.24, 2.45) is 0 Å². The number of amides is 1. The maximum absolute atomic E-state index is 11.9. The number of hydrogen-bond donors (Lipinski definition) is 2. The van der Waals surface area contributed by atoms with E-state index in [9.17, 15) is 4.79 Å². The van der Waals surface area contributed by atoms with Crippen LogP contribution in [0.1, 0.15) is 6.92 Å². The first-order valence-electron chi connectivity index (χ1n) is 6.70. The molecule has 0 spiro atoms. The van der Waals surface area contributed by atoms with Gasteiger partial charge in [0.1, 0.15) is 6.04 Å². The molecule has 1 amide bonds. The molecule has 0 saturated heterocycles. The molecule has 0 aliphatic heterocycles. The average Bonchev–Trinajstić information content (AvgIpc) is 2.50. The summed E-state index contributed by atoms with van der Waals surface area (Å²) in [6.07, 6.45) is 1.70. The van der Waals surface area contributed by atoms with Crippen LogP contribution in [0.25, 0.3) is 10.9 Å². The van der Waals surface area contributed by atoms with Gasteiger partial charge in [0.15, 0.2) is 0 Å². The number of aromatic nitrogens is 1. The number of nitrogens with one attached hydrogen (secondary N) is 2. The second kappa shape index (κ2) is 7.24. The molecule has 1 aromatic heterocycles. The van der Waals surface area contributed by atoms with Gasteiger partial charge in [-0.15, -0.1) is 0 Å². The van der Waals surface area contributed by atoms with Crippen molar-refractivity contribution < 1.29 is 9.53 Å². The molecule has 5 nitrogen and oxygen atoms in total. The Bertz CT molecular complexity index is 633. The molecule has 0 fully saturated rings. The summed E-state index contributed by atoms with van der Waals surface area (Å²) in [6, 6.07) is 6.98. The van der Waals surface area contributed by atoms with E-state index in [0.29, 0.717) is 18.2 Å². The molecule has 21 heavy (non-hydrogen) atoms. The number of rotatable bonds is 6. The maximum Gasteiger partial charge on any atom is 0.242 e. The van der Waals surface area contributed by atoms with Gasteiger partial charge in [0.05, 0.1) is 22.8 Å². The molecule has 0 radical (unpaired) electrons. The standard InChI is InChI=1S/C15H18ClN3O2/c1-10(15(20)18-8-9-21-2)19-13-6-5-12(16)11-4-3-7-17-14(11)13/h3-7,10,19H,8-9H2,1-2H3,(H,18,20). The van der Waals surface area contributed by atoms with Crippen LogP contribution in [0.5, 0.6) is 0 Å². The van der Waals surface area contributed by atoms with E-state index in [2.05, 4.69) is 15.6 Å². The molecule has 0 saturated carbocycles. The summed E-state index contributed by atoms with van der Waals surface area (Å²) >= 11 is 6.15. The van der Waals surface area contributed by atoms with Crippen LogP contribution in [0, 0.1) is 0 Å². The van der Waals surface area contributed by atoms with E-state index in [0.717, 1.165) is 16.6 Å². The number of pyridine rings is 1. The number of carbonyl (C=O) groups excluding carboxylic acids is 1. The minimum atomic E-state index is -0.381. The first-order valence-corrected chi connectivity index (χ1v) is 7.07. The van der Waals surface area contributed by atoms with Crippen LogP contribution >= 0.6 is 11.6 Å². The summed E-state index contributed by atoms with van der Waals surface area (Å²) in [5.41, 5.74) is 1.53. The molecule has 2 aromatic rings. The molecule has 0 aliphatic carbocycles. The Balaban J connectivity index is 2.13. The third-order valence-electron chi connectivity index (χ3n) is 3.09. The van der Waals surface area contributed by atoms with Crippen molar-refractivity contribution in [1.29, 1.82) is 0 Å². The van der Waals surface area contributed by atoms with Crippen LogP contribution in [0.2, 0.25) is 5.02 Å². The van der Waals surface area contributed by atoms with Gasteiger partial charge in [0, 0.05) is 25.2 Å². The number of methoxy groups -OCH3 is 1. The lowest BCUT2D eigenvalue weighted by Crippen LogP contribution is -2.39. The zero-order chi connectivity index (χ0) is 15.2. The molecule has 6 heteroatoms. The highest BCUT2D eigenvalue weighted by atomic mass is 35.5. The molecular formula is C15H18ClN3O2. The second-order valence-electron chi connectivity index (χ2n) is 4.64. The number of fused-ring (bicyclic) bond motifs is 1. The van der Waals surface area contributed by atoms with Gasteiger partial charge in [0.2, 0.25) is 5.91 Å². The normalized spacial score (nSPS) is 12.1. The van der Waals surface area contributed by atoms with E-state index in [1.807, 2.05) is 18.2 Å². The summed E-state index contributed by atoms with van der Waals surface area (Å²) in [5, 5.41) is 7.45. The Morgan fingerprint density at radius 2 is 2.24 bits per heavy atom. The molecule has 0 aliphatic rings. The molecule has 1 heterocycles. The Morgan fingerprint density at radius 1 is 1.43 bits per heavy atom. The number of ether oxygens (including phenoxy) is 1. The monoisotopic (exact) mass is 307 g/mol. The highest BCUT2D eigenvalue weighted by Crippen LogP contribution is 2.28. The number of halogens is 1. The van der Waals surface area contributed by atoms with Gasteiger partial charge in [0.25, 0.3) is 0 Å². The third-order valence-corrected chi connectivity index (χ3v) is 3.42. The van der Waals surface area contributed by atoms with Gasteiger partial charge in [-0.1, -0.05) is 11.6 Å². The average molecular weight is 308 g/mol. The van der Waals surface area contributed by atoms with E-state index < -0.39 is 0 Å². The molecule has 1 aromatic carbocycles. The van der Waals surface area contributed by atoms with Crippen molar-refractivity contribution in [3.8, 4) is 0 Å². The van der Waals surface area contributed by atoms with Gasteiger partial charge in [-0.25, -0.2) is 0 Å². The number of benzene rings is 1. The summed E-state index contributed by atoms with van der Waals surface area (Å²) < 4.78 is 4.90. The van der Waals surface area contributed by atoms with Crippen LogP contribution in [0.3, 0.4) is 0 Å². The zero-order valence-electron chi connectivity index (χ0n) is 12.0. The quantitative estimate of drug-likeness (QED) is 0.805. The predicted molar refractivity (Wildman–Crippen MR) is 84.7 cm³/mol. The topological polar surface area (TPSA) is 63.2 Å². The van der Waals surface area contributed by atoms with Crippen LogP contribution in [0.4, 0.5) is 5.69 Å². The van der Waals surface area contributed by atoms with Crippen molar-refractivity contribution in [2.75, 3.05) is 25.6 Å². The molecule has 2 N–H and O–H groups in total. The Morgan fingerprint density at radius 3 is 3.00 bits per heavy atom. The first kappa shape index (κ1) is 15.5. The maximum atomic E-state index is 11.9. The molecule has 112 valence electrons. The number of anilines is 1. The number of nitrogens with zero attached hydrogens (tertiary/aromatic N) is 1. The van der Waals surface area contributed by atoms with E-state index in [1.165, 1.54) is 0 Å². The van der Waals surface area contributed by atoms with Crippen LogP contribution in [-0.4, -0.2) is 37.2 Å². The highest BCUT2D eigenvalue weighted by Gasteiger charge is 2.14. The van der Waals surface area contributed by atoms with E-state index in [4.69, 9.17) is 16.3 Å². The summed E-state index contributed by atoms with van der Waals surface area (Å²) in [7, 11) is 1.60. The van der Waals surface area contributed by atoms with Crippen molar-refractivity contribution in [3.63, 3.8) is 0 Å².